The summed E-state index contributed by atoms with van der Waals surface area (Å²) >= 11 is 0. The number of benzene rings is 1. The Kier molecular flexibility index (Phi) is 9.92. The molecule has 0 saturated heterocycles. The van der Waals surface area contributed by atoms with E-state index in [4.69, 9.17) is 14.2 Å². The second-order valence-corrected chi connectivity index (χ2v) is 6.58. The summed E-state index contributed by atoms with van der Waals surface area (Å²) in [7, 11) is 1.34. The topological polar surface area (TPSA) is 88.1 Å². The van der Waals surface area contributed by atoms with Crippen molar-refractivity contribution in [2.24, 2.45) is 5.41 Å². The molecule has 0 radical (unpaired) electrons. The normalized spacial score (nSPS) is 10.8. The molecule has 1 aromatic carbocycles. The number of para-hydroxylation sites is 1. The molecule has 0 fully saturated rings. The first-order valence-electron chi connectivity index (χ1n) is 9.61. The molecule has 0 aliphatic rings. The van der Waals surface area contributed by atoms with E-state index >= 15 is 0 Å². The van der Waals surface area contributed by atoms with Gasteiger partial charge in [0, 0.05) is 12.0 Å². The van der Waals surface area contributed by atoms with Crippen molar-refractivity contribution in [3.63, 3.8) is 0 Å². The number of ether oxygens (including phenoxy) is 4. The van der Waals surface area contributed by atoms with Crippen LogP contribution >= 0.6 is 0 Å². The third-order valence-electron chi connectivity index (χ3n) is 4.30. The summed E-state index contributed by atoms with van der Waals surface area (Å²) in [5.41, 5.74) is -0.302. The van der Waals surface area contributed by atoms with E-state index < -0.39 is 17.4 Å². The largest absolute Gasteiger partial charge is 0.493 e. The quantitative estimate of drug-likeness (QED) is 0.227. The van der Waals surface area contributed by atoms with Crippen molar-refractivity contribution < 1.29 is 33.3 Å². The molecule has 1 rings (SSSR count). The standard InChI is InChI=1S/C22H30O7/c1-6-27-20(24)22(4,21(25)28-7-2)15-16(3)17-11-8-9-12-18(17)29-14-10-13-19(23)26-5/h8-9,11-12H,3,6-7,10,13-15H2,1-2,4-5H3. The molecule has 0 unspecified atom stereocenters. The van der Waals surface area contributed by atoms with Crippen LogP contribution in [0.1, 0.15) is 45.6 Å². The number of hydrogen-bond donors (Lipinski definition) is 0. The summed E-state index contributed by atoms with van der Waals surface area (Å²) in [6, 6.07) is 7.19. The molecule has 7 nitrogen and oxygen atoms in total. The minimum absolute atomic E-state index is 0.0210. The van der Waals surface area contributed by atoms with Crippen LogP contribution in [0.5, 0.6) is 5.75 Å². The second-order valence-electron chi connectivity index (χ2n) is 6.58. The highest BCUT2D eigenvalue weighted by Crippen LogP contribution is 2.36. The van der Waals surface area contributed by atoms with Gasteiger partial charge in [-0.15, -0.1) is 0 Å². The van der Waals surface area contributed by atoms with Crippen molar-refractivity contribution in [2.75, 3.05) is 26.9 Å². The van der Waals surface area contributed by atoms with Gasteiger partial charge in [0.2, 0.25) is 0 Å². The Bertz CT molecular complexity index is 706. The lowest BCUT2D eigenvalue weighted by Crippen LogP contribution is -2.39. The molecular formula is C22H30O7. The van der Waals surface area contributed by atoms with Crippen LogP contribution in [0.2, 0.25) is 0 Å². The molecule has 0 saturated carbocycles. The monoisotopic (exact) mass is 406 g/mol. The lowest BCUT2D eigenvalue weighted by atomic mass is 9.81. The zero-order valence-electron chi connectivity index (χ0n) is 17.6. The fourth-order valence-electron chi connectivity index (χ4n) is 2.72. The summed E-state index contributed by atoms with van der Waals surface area (Å²) in [6.45, 7) is 9.52. The number of hydrogen-bond acceptors (Lipinski definition) is 7. The van der Waals surface area contributed by atoms with E-state index in [0.29, 0.717) is 29.9 Å². The lowest BCUT2D eigenvalue weighted by molar-refractivity contribution is -0.170. The van der Waals surface area contributed by atoms with Gasteiger partial charge in [-0.25, -0.2) is 0 Å². The molecule has 0 bridgehead atoms. The summed E-state index contributed by atoms with van der Waals surface area (Å²) in [6.07, 6.45) is 0.771. The van der Waals surface area contributed by atoms with Crippen LogP contribution in [-0.2, 0) is 28.6 Å². The Morgan fingerprint density at radius 3 is 2.17 bits per heavy atom. The molecule has 29 heavy (non-hydrogen) atoms. The molecule has 1 aromatic rings. The Balaban J connectivity index is 2.96. The van der Waals surface area contributed by atoms with Gasteiger partial charge in [-0.1, -0.05) is 24.8 Å². The van der Waals surface area contributed by atoms with E-state index in [1.807, 2.05) is 12.1 Å². The molecule has 0 heterocycles. The predicted molar refractivity (Wildman–Crippen MR) is 108 cm³/mol. The van der Waals surface area contributed by atoms with Crippen LogP contribution in [0, 0.1) is 5.41 Å². The average Bonchev–Trinajstić information content (AvgIpc) is 2.71. The fourth-order valence-corrected chi connectivity index (χ4v) is 2.72. The van der Waals surface area contributed by atoms with Crippen molar-refractivity contribution in [1.29, 1.82) is 0 Å². The third-order valence-corrected chi connectivity index (χ3v) is 4.30. The van der Waals surface area contributed by atoms with Gasteiger partial charge in [0.15, 0.2) is 5.41 Å². The number of methoxy groups -OCH3 is 1. The van der Waals surface area contributed by atoms with Crippen LogP contribution in [-0.4, -0.2) is 44.8 Å². The Morgan fingerprint density at radius 1 is 1.03 bits per heavy atom. The van der Waals surface area contributed by atoms with Crippen LogP contribution in [0.15, 0.2) is 30.8 Å². The van der Waals surface area contributed by atoms with Crippen LogP contribution < -0.4 is 4.74 Å². The minimum Gasteiger partial charge on any atom is -0.493 e. The number of carbonyl (C=O) groups excluding carboxylic acids is 3. The van der Waals surface area contributed by atoms with E-state index in [0.717, 1.165) is 0 Å². The van der Waals surface area contributed by atoms with Crippen molar-refractivity contribution in [2.45, 2.75) is 40.0 Å². The highest BCUT2D eigenvalue weighted by molar-refractivity contribution is 6.01. The maximum Gasteiger partial charge on any atom is 0.323 e. The van der Waals surface area contributed by atoms with Gasteiger partial charge in [-0.2, -0.15) is 0 Å². The van der Waals surface area contributed by atoms with Crippen molar-refractivity contribution in [3.8, 4) is 5.75 Å². The molecular weight excluding hydrogens is 376 g/mol. The highest BCUT2D eigenvalue weighted by Gasteiger charge is 2.45. The number of allylic oxidation sites excluding steroid dienone is 1. The van der Waals surface area contributed by atoms with Gasteiger partial charge in [-0.3, -0.25) is 14.4 Å². The number of esters is 3. The Morgan fingerprint density at radius 2 is 1.62 bits per heavy atom. The summed E-state index contributed by atoms with van der Waals surface area (Å²) in [4.78, 5) is 36.2. The first kappa shape index (κ1) is 24.2. The lowest BCUT2D eigenvalue weighted by Gasteiger charge is -2.26. The van der Waals surface area contributed by atoms with Gasteiger partial charge < -0.3 is 18.9 Å². The zero-order valence-corrected chi connectivity index (χ0v) is 17.6. The van der Waals surface area contributed by atoms with Gasteiger partial charge in [0.25, 0.3) is 0 Å². The molecule has 0 amide bonds. The summed E-state index contributed by atoms with van der Waals surface area (Å²) in [5.74, 6) is -1.06. The highest BCUT2D eigenvalue weighted by atomic mass is 16.6. The summed E-state index contributed by atoms with van der Waals surface area (Å²) in [5, 5.41) is 0. The molecule has 0 aliphatic heterocycles. The van der Waals surface area contributed by atoms with E-state index in [9.17, 15) is 14.4 Å². The number of rotatable bonds is 12. The van der Waals surface area contributed by atoms with Crippen LogP contribution in [0.3, 0.4) is 0 Å². The molecule has 7 heteroatoms. The SMILES string of the molecule is C=C(CC(C)(C(=O)OCC)C(=O)OCC)c1ccccc1OCCCC(=O)OC. The number of carbonyl (C=O) groups is 3. The van der Waals surface area contributed by atoms with Crippen LogP contribution in [0.25, 0.3) is 5.57 Å². The Labute approximate surface area is 172 Å². The van der Waals surface area contributed by atoms with E-state index in [1.54, 1.807) is 26.0 Å². The molecule has 0 N–H and O–H groups in total. The van der Waals surface area contributed by atoms with Crippen molar-refractivity contribution >= 4 is 23.5 Å². The fraction of sp³-hybridized carbons (Fsp3) is 0.500. The molecule has 0 aliphatic carbocycles. The zero-order chi connectivity index (χ0) is 21.9. The molecule has 160 valence electrons. The van der Waals surface area contributed by atoms with Gasteiger partial charge in [0.05, 0.1) is 26.9 Å². The average molecular weight is 406 g/mol. The second kappa shape index (κ2) is 11.9. The van der Waals surface area contributed by atoms with Gasteiger partial charge >= 0.3 is 17.9 Å². The van der Waals surface area contributed by atoms with Crippen molar-refractivity contribution in [3.05, 3.63) is 36.4 Å². The molecule has 0 spiro atoms. The van der Waals surface area contributed by atoms with Gasteiger partial charge in [-0.05, 0) is 45.3 Å². The van der Waals surface area contributed by atoms with E-state index in [1.165, 1.54) is 14.0 Å². The smallest absolute Gasteiger partial charge is 0.323 e. The third kappa shape index (κ3) is 6.93. The molecule has 0 aromatic heterocycles. The first-order valence-corrected chi connectivity index (χ1v) is 9.61. The maximum atomic E-state index is 12.5. The van der Waals surface area contributed by atoms with Crippen molar-refractivity contribution in [1.82, 2.24) is 0 Å². The van der Waals surface area contributed by atoms with E-state index in [-0.39, 0.29) is 32.0 Å². The first-order chi connectivity index (χ1) is 13.8. The molecule has 0 atom stereocenters. The van der Waals surface area contributed by atoms with E-state index in [2.05, 4.69) is 11.3 Å². The summed E-state index contributed by atoms with van der Waals surface area (Å²) < 4.78 is 20.6. The Hall–Kier alpha value is -2.83. The minimum atomic E-state index is -1.51. The van der Waals surface area contributed by atoms with Gasteiger partial charge in [0.1, 0.15) is 5.75 Å². The maximum absolute atomic E-state index is 12.5. The predicted octanol–water partition coefficient (Wildman–Crippen LogP) is 3.55. The van der Waals surface area contributed by atoms with Crippen LogP contribution in [0.4, 0.5) is 0 Å².